The van der Waals surface area contributed by atoms with Crippen molar-refractivity contribution >= 4 is 27.3 Å². The van der Waals surface area contributed by atoms with Crippen LogP contribution in [0.2, 0.25) is 0 Å². The van der Waals surface area contributed by atoms with Crippen molar-refractivity contribution in [3.05, 3.63) is 20.3 Å². The maximum absolute atomic E-state index is 3.56. The van der Waals surface area contributed by atoms with Crippen LogP contribution in [0.1, 0.15) is 37.3 Å². The lowest BCUT2D eigenvalue weighted by Crippen LogP contribution is -2.39. The van der Waals surface area contributed by atoms with Crippen LogP contribution in [0.4, 0.5) is 0 Å². The quantitative estimate of drug-likeness (QED) is 0.753. The summed E-state index contributed by atoms with van der Waals surface area (Å²) in [6.45, 7) is 7.91. The van der Waals surface area contributed by atoms with Gasteiger partial charge in [0, 0.05) is 22.9 Å². The number of rotatable bonds is 0. The Morgan fingerprint density at radius 3 is 2.92 bits per heavy atom. The number of hydrogen-bond donors (Lipinski definition) is 1. The highest BCUT2D eigenvalue weighted by Crippen LogP contribution is 2.41. The van der Waals surface area contributed by atoms with Gasteiger partial charge in [-0.1, -0.05) is 13.8 Å². The van der Waals surface area contributed by atoms with Gasteiger partial charge < -0.3 is 5.32 Å². The van der Waals surface area contributed by atoms with E-state index in [1.165, 1.54) is 14.2 Å². The molecule has 1 aromatic heterocycles. The van der Waals surface area contributed by atoms with Gasteiger partial charge in [0.05, 0.1) is 3.79 Å². The van der Waals surface area contributed by atoms with Crippen LogP contribution in [0.5, 0.6) is 0 Å². The molecule has 0 aromatic carbocycles. The van der Waals surface area contributed by atoms with E-state index in [1.807, 2.05) is 11.3 Å². The number of nitrogens with one attached hydrogen (secondary N) is 1. The lowest BCUT2D eigenvalue weighted by molar-refractivity contribution is 0.404. The molecular formula is C10H14BrNS. The molecular weight excluding hydrogens is 246 g/mol. The van der Waals surface area contributed by atoms with Crippen LogP contribution < -0.4 is 5.32 Å². The molecule has 0 amide bonds. The zero-order valence-corrected chi connectivity index (χ0v) is 10.6. The smallest absolute Gasteiger partial charge is 0.0705 e. The summed E-state index contributed by atoms with van der Waals surface area (Å²) in [6, 6.07) is 2.75. The topological polar surface area (TPSA) is 12.0 Å². The molecule has 0 fully saturated rings. The Balaban J connectivity index is 2.54. The molecule has 2 heterocycles. The fourth-order valence-corrected chi connectivity index (χ4v) is 3.64. The highest BCUT2D eigenvalue weighted by Gasteiger charge is 2.32. The van der Waals surface area contributed by atoms with E-state index in [4.69, 9.17) is 0 Å². The van der Waals surface area contributed by atoms with Gasteiger partial charge in [-0.15, -0.1) is 11.3 Å². The summed E-state index contributed by atoms with van der Waals surface area (Å²) in [5, 5.41) is 3.53. The van der Waals surface area contributed by atoms with Gasteiger partial charge in [0.25, 0.3) is 0 Å². The molecule has 1 aromatic rings. The molecule has 1 nitrogen and oxygen atoms in total. The van der Waals surface area contributed by atoms with E-state index in [1.54, 1.807) is 0 Å². The number of hydrogen-bond acceptors (Lipinski definition) is 2. The average Bonchev–Trinajstić information content (AvgIpc) is 2.42. The van der Waals surface area contributed by atoms with Crippen molar-refractivity contribution in [1.82, 2.24) is 5.32 Å². The van der Waals surface area contributed by atoms with Crippen molar-refractivity contribution in [2.24, 2.45) is 0 Å². The summed E-state index contributed by atoms with van der Waals surface area (Å²) in [5.41, 5.74) is 1.76. The van der Waals surface area contributed by atoms with Gasteiger partial charge in [0.15, 0.2) is 0 Å². The van der Waals surface area contributed by atoms with E-state index in [0.717, 1.165) is 6.54 Å². The molecule has 0 radical (unpaired) electrons. The van der Waals surface area contributed by atoms with Crippen LogP contribution in [-0.4, -0.2) is 6.54 Å². The molecule has 2 rings (SSSR count). The van der Waals surface area contributed by atoms with Crippen LogP contribution in [0.3, 0.4) is 0 Å². The minimum Gasteiger partial charge on any atom is -0.309 e. The Labute approximate surface area is 91.7 Å². The maximum Gasteiger partial charge on any atom is 0.0705 e. The molecule has 0 spiro atoms. The third-order valence-electron chi connectivity index (χ3n) is 2.66. The minimum absolute atomic E-state index is 0.290. The fourth-order valence-electron chi connectivity index (χ4n) is 1.82. The minimum atomic E-state index is 0.290. The van der Waals surface area contributed by atoms with Gasteiger partial charge in [-0.25, -0.2) is 0 Å². The van der Waals surface area contributed by atoms with Gasteiger partial charge in [0.1, 0.15) is 0 Å². The van der Waals surface area contributed by atoms with E-state index in [-0.39, 0.29) is 0 Å². The second-order valence-corrected chi connectivity index (χ2v) is 6.75. The van der Waals surface area contributed by atoms with Gasteiger partial charge in [-0.3, -0.25) is 0 Å². The molecule has 0 saturated carbocycles. The summed E-state index contributed by atoms with van der Waals surface area (Å²) in [5.74, 6) is 0. The fraction of sp³-hybridized carbons (Fsp3) is 0.600. The Morgan fingerprint density at radius 1 is 1.62 bits per heavy atom. The zero-order valence-electron chi connectivity index (χ0n) is 8.15. The van der Waals surface area contributed by atoms with Crippen molar-refractivity contribution < 1.29 is 0 Å². The normalized spacial score (nSPS) is 25.7. The number of fused-ring (bicyclic) bond motifs is 1. The summed E-state index contributed by atoms with van der Waals surface area (Å²) >= 11 is 5.44. The molecule has 72 valence electrons. The first-order chi connectivity index (χ1) is 6.00. The second-order valence-electron chi connectivity index (χ2n) is 4.32. The number of halogens is 1. The van der Waals surface area contributed by atoms with Crippen molar-refractivity contribution in [2.45, 2.75) is 32.2 Å². The summed E-state index contributed by atoms with van der Waals surface area (Å²) in [4.78, 5) is 1.53. The van der Waals surface area contributed by atoms with E-state index < -0.39 is 0 Å². The SMILES string of the molecule is CC1NCC(C)(C)c2sc(Br)cc21. The molecule has 0 saturated heterocycles. The van der Waals surface area contributed by atoms with Crippen LogP contribution >= 0.6 is 27.3 Å². The molecule has 1 aliphatic heterocycles. The molecule has 0 aliphatic carbocycles. The predicted octanol–water partition coefficient (Wildman–Crippen LogP) is 3.45. The lowest BCUT2D eigenvalue weighted by atomic mass is 9.84. The molecule has 13 heavy (non-hydrogen) atoms. The Hall–Kier alpha value is 0.140. The second kappa shape index (κ2) is 3.07. The van der Waals surface area contributed by atoms with Crippen molar-refractivity contribution in [3.63, 3.8) is 0 Å². The summed E-state index contributed by atoms with van der Waals surface area (Å²) in [6.07, 6.45) is 0. The zero-order chi connectivity index (χ0) is 9.64. The molecule has 1 aliphatic rings. The van der Waals surface area contributed by atoms with E-state index in [0.29, 0.717) is 11.5 Å². The Kier molecular flexibility index (Phi) is 2.29. The van der Waals surface area contributed by atoms with E-state index in [9.17, 15) is 0 Å². The highest BCUT2D eigenvalue weighted by molar-refractivity contribution is 9.11. The maximum atomic E-state index is 3.56. The Morgan fingerprint density at radius 2 is 2.31 bits per heavy atom. The van der Waals surface area contributed by atoms with Crippen molar-refractivity contribution in [3.8, 4) is 0 Å². The third-order valence-corrected chi connectivity index (χ3v) is 4.68. The summed E-state index contributed by atoms with van der Waals surface area (Å²) in [7, 11) is 0. The molecule has 3 heteroatoms. The van der Waals surface area contributed by atoms with Crippen LogP contribution in [0.25, 0.3) is 0 Å². The predicted molar refractivity (Wildman–Crippen MR) is 61.5 cm³/mol. The van der Waals surface area contributed by atoms with Crippen molar-refractivity contribution in [2.75, 3.05) is 6.54 Å². The molecule has 1 N–H and O–H groups in total. The van der Waals surface area contributed by atoms with Crippen molar-refractivity contribution in [1.29, 1.82) is 0 Å². The highest BCUT2D eigenvalue weighted by atomic mass is 79.9. The van der Waals surface area contributed by atoms with Crippen LogP contribution in [0.15, 0.2) is 9.85 Å². The van der Waals surface area contributed by atoms with E-state index >= 15 is 0 Å². The first kappa shape index (κ1) is 9.69. The summed E-state index contributed by atoms with van der Waals surface area (Å²) < 4.78 is 1.25. The lowest BCUT2D eigenvalue weighted by Gasteiger charge is -2.33. The van der Waals surface area contributed by atoms with E-state index in [2.05, 4.69) is 48.1 Å². The van der Waals surface area contributed by atoms with Gasteiger partial charge in [-0.2, -0.15) is 0 Å². The first-order valence-corrected chi connectivity index (χ1v) is 6.15. The molecule has 0 bridgehead atoms. The first-order valence-electron chi connectivity index (χ1n) is 4.54. The van der Waals surface area contributed by atoms with Crippen LogP contribution in [0, 0.1) is 0 Å². The third kappa shape index (κ3) is 1.58. The van der Waals surface area contributed by atoms with Gasteiger partial charge >= 0.3 is 0 Å². The van der Waals surface area contributed by atoms with Crippen LogP contribution in [-0.2, 0) is 5.41 Å². The molecule has 1 atom stereocenters. The largest absolute Gasteiger partial charge is 0.309 e. The molecule has 1 unspecified atom stereocenters. The monoisotopic (exact) mass is 259 g/mol. The van der Waals surface area contributed by atoms with Gasteiger partial charge in [0.2, 0.25) is 0 Å². The Bertz CT molecular complexity index is 330. The number of thiophene rings is 1. The standard InChI is InChI=1S/C10H14BrNS/c1-6-7-4-8(11)13-9(7)10(2,3)5-12-6/h4,6,12H,5H2,1-3H3. The van der Waals surface area contributed by atoms with Gasteiger partial charge in [-0.05, 0) is 34.5 Å². The average molecular weight is 260 g/mol.